The molecule has 0 aromatic heterocycles. The van der Waals surface area contributed by atoms with Crippen LogP contribution in [0.25, 0.3) is 0 Å². The second kappa shape index (κ2) is 8.53. The smallest absolute Gasteiger partial charge is 0.191 e. The first-order valence-electron chi connectivity index (χ1n) is 6.34. The van der Waals surface area contributed by atoms with Crippen LogP contribution in [-0.2, 0) is 11.3 Å². The fourth-order valence-corrected chi connectivity index (χ4v) is 1.50. The third-order valence-electron chi connectivity index (χ3n) is 2.55. The van der Waals surface area contributed by atoms with Gasteiger partial charge in [-0.3, -0.25) is 4.99 Å². The molecule has 18 heavy (non-hydrogen) atoms. The largest absolute Gasteiger partial charge is 0.380 e. The molecule has 0 heterocycles. The first-order chi connectivity index (χ1) is 8.76. The Morgan fingerprint density at radius 3 is 2.56 bits per heavy atom. The zero-order valence-electron chi connectivity index (χ0n) is 11.5. The number of guanidine groups is 1. The van der Waals surface area contributed by atoms with Gasteiger partial charge in [0.25, 0.3) is 0 Å². The maximum Gasteiger partial charge on any atom is 0.191 e. The van der Waals surface area contributed by atoms with Crippen LogP contribution in [0.4, 0.5) is 0 Å². The van der Waals surface area contributed by atoms with Crippen molar-refractivity contribution in [2.24, 2.45) is 4.99 Å². The van der Waals surface area contributed by atoms with Gasteiger partial charge < -0.3 is 15.4 Å². The van der Waals surface area contributed by atoms with Gasteiger partial charge in [-0.05, 0) is 19.4 Å². The first kappa shape index (κ1) is 14.5. The van der Waals surface area contributed by atoms with Crippen LogP contribution in [0, 0.1) is 6.92 Å². The molecule has 1 rings (SSSR count). The zero-order valence-corrected chi connectivity index (χ0v) is 11.5. The zero-order chi connectivity index (χ0) is 13.2. The molecule has 0 aliphatic carbocycles. The number of benzene rings is 1. The van der Waals surface area contributed by atoms with Crippen LogP contribution < -0.4 is 10.6 Å². The average molecular weight is 249 g/mol. The quantitative estimate of drug-likeness (QED) is 0.458. The van der Waals surface area contributed by atoms with Crippen molar-refractivity contribution in [3.63, 3.8) is 0 Å². The van der Waals surface area contributed by atoms with Crippen molar-refractivity contribution in [1.29, 1.82) is 0 Å². The summed E-state index contributed by atoms with van der Waals surface area (Å²) in [4.78, 5) is 4.16. The van der Waals surface area contributed by atoms with Crippen molar-refractivity contribution < 1.29 is 4.74 Å². The van der Waals surface area contributed by atoms with E-state index in [1.807, 2.05) is 6.92 Å². The van der Waals surface area contributed by atoms with E-state index >= 15 is 0 Å². The molecular formula is C14H23N3O. The lowest BCUT2D eigenvalue weighted by atomic mass is 10.1. The molecule has 0 spiro atoms. The summed E-state index contributed by atoms with van der Waals surface area (Å²) in [6.07, 6.45) is 0. The number of aryl methyl sites for hydroxylation is 1. The molecule has 0 aliphatic rings. The second-order valence-corrected chi connectivity index (χ2v) is 4.04. The molecule has 0 fully saturated rings. The van der Waals surface area contributed by atoms with Gasteiger partial charge in [-0.25, -0.2) is 0 Å². The SMILES string of the molecule is CCOCCNC(=NC)NCc1ccc(C)cc1. The van der Waals surface area contributed by atoms with Gasteiger partial charge in [-0.2, -0.15) is 0 Å². The van der Waals surface area contributed by atoms with Crippen LogP contribution in [0.3, 0.4) is 0 Å². The molecule has 0 saturated carbocycles. The number of nitrogens with zero attached hydrogens (tertiary/aromatic N) is 1. The van der Waals surface area contributed by atoms with E-state index in [-0.39, 0.29) is 0 Å². The molecule has 0 radical (unpaired) electrons. The van der Waals surface area contributed by atoms with Crippen LogP contribution in [0.1, 0.15) is 18.1 Å². The number of ether oxygens (including phenoxy) is 1. The lowest BCUT2D eigenvalue weighted by Gasteiger charge is -2.11. The third-order valence-corrected chi connectivity index (χ3v) is 2.55. The fraction of sp³-hybridized carbons (Fsp3) is 0.500. The minimum Gasteiger partial charge on any atom is -0.380 e. The summed E-state index contributed by atoms with van der Waals surface area (Å²) < 4.78 is 5.26. The maximum atomic E-state index is 5.26. The van der Waals surface area contributed by atoms with E-state index in [1.165, 1.54) is 11.1 Å². The minimum absolute atomic E-state index is 0.696. The van der Waals surface area contributed by atoms with Gasteiger partial charge in [-0.15, -0.1) is 0 Å². The van der Waals surface area contributed by atoms with Gasteiger partial charge in [0.15, 0.2) is 5.96 Å². The third kappa shape index (κ3) is 5.68. The molecule has 0 aliphatic heterocycles. The van der Waals surface area contributed by atoms with Gasteiger partial charge >= 0.3 is 0 Å². The molecule has 2 N–H and O–H groups in total. The monoisotopic (exact) mass is 249 g/mol. The van der Waals surface area contributed by atoms with Crippen molar-refractivity contribution in [2.75, 3.05) is 26.8 Å². The van der Waals surface area contributed by atoms with E-state index in [0.717, 1.165) is 25.7 Å². The van der Waals surface area contributed by atoms with Crippen molar-refractivity contribution in [1.82, 2.24) is 10.6 Å². The van der Waals surface area contributed by atoms with Crippen LogP contribution in [-0.4, -0.2) is 32.8 Å². The molecule has 1 aromatic rings. The normalized spacial score (nSPS) is 11.4. The topological polar surface area (TPSA) is 45.6 Å². The second-order valence-electron chi connectivity index (χ2n) is 4.04. The number of hydrogen-bond acceptors (Lipinski definition) is 2. The highest BCUT2D eigenvalue weighted by atomic mass is 16.5. The molecule has 0 unspecified atom stereocenters. The fourth-order valence-electron chi connectivity index (χ4n) is 1.50. The Kier molecular flexibility index (Phi) is 6.87. The molecule has 0 saturated heterocycles. The summed E-state index contributed by atoms with van der Waals surface area (Å²) in [5.41, 5.74) is 2.52. The molecule has 4 heteroatoms. The predicted octanol–water partition coefficient (Wildman–Crippen LogP) is 1.70. The van der Waals surface area contributed by atoms with Crippen LogP contribution in [0.15, 0.2) is 29.3 Å². The number of aliphatic imine (C=N–C) groups is 1. The maximum absolute atomic E-state index is 5.26. The van der Waals surface area contributed by atoms with Gasteiger partial charge in [-0.1, -0.05) is 29.8 Å². The Morgan fingerprint density at radius 1 is 1.22 bits per heavy atom. The average Bonchev–Trinajstić information content (AvgIpc) is 2.40. The Hall–Kier alpha value is -1.55. The van der Waals surface area contributed by atoms with Gasteiger partial charge in [0.1, 0.15) is 0 Å². The summed E-state index contributed by atoms with van der Waals surface area (Å²) in [7, 11) is 1.77. The lowest BCUT2D eigenvalue weighted by Crippen LogP contribution is -2.38. The Morgan fingerprint density at radius 2 is 1.94 bits per heavy atom. The predicted molar refractivity (Wildman–Crippen MR) is 75.9 cm³/mol. The first-order valence-corrected chi connectivity index (χ1v) is 6.34. The number of nitrogens with one attached hydrogen (secondary N) is 2. The van der Waals surface area contributed by atoms with E-state index in [2.05, 4.69) is 46.8 Å². The number of hydrogen-bond donors (Lipinski definition) is 2. The molecule has 0 amide bonds. The van der Waals surface area contributed by atoms with E-state index in [9.17, 15) is 0 Å². The highest BCUT2D eigenvalue weighted by molar-refractivity contribution is 5.79. The summed E-state index contributed by atoms with van der Waals surface area (Å²) >= 11 is 0. The van der Waals surface area contributed by atoms with Gasteiger partial charge in [0, 0.05) is 26.7 Å². The van der Waals surface area contributed by atoms with Gasteiger partial charge in [0.2, 0.25) is 0 Å². The van der Waals surface area contributed by atoms with Crippen LogP contribution >= 0.6 is 0 Å². The molecule has 100 valence electrons. The highest BCUT2D eigenvalue weighted by Crippen LogP contribution is 2.02. The summed E-state index contributed by atoms with van der Waals surface area (Å²) in [5.74, 6) is 0.801. The molecule has 4 nitrogen and oxygen atoms in total. The van der Waals surface area contributed by atoms with Crippen molar-refractivity contribution in [3.8, 4) is 0 Å². The van der Waals surface area contributed by atoms with E-state index in [1.54, 1.807) is 7.05 Å². The summed E-state index contributed by atoms with van der Waals surface area (Å²) in [5, 5.41) is 6.47. The summed E-state index contributed by atoms with van der Waals surface area (Å²) in [6.45, 7) is 7.06. The Balaban J connectivity index is 2.29. The minimum atomic E-state index is 0.696. The number of rotatable bonds is 6. The van der Waals surface area contributed by atoms with Crippen molar-refractivity contribution in [2.45, 2.75) is 20.4 Å². The van der Waals surface area contributed by atoms with Crippen LogP contribution in [0.2, 0.25) is 0 Å². The molecule has 1 aromatic carbocycles. The lowest BCUT2D eigenvalue weighted by molar-refractivity contribution is 0.152. The van der Waals surface area contributed by atoms with Crippen LogP contribution in [0.5, 0.6) is 0 Å². The molecule has 0 atom stereocenters. The molecular weight excluding hydrogens is 226 g/mol. The van der Waals surface area contributed by atoms with E-state index in [0.29, 0.717) is 6.61 Å². The molecule has 0 bridgehead atoms. The van der Waals surface area contributed by atoms with Crippen molar-refractivity contribution >= 4 is 5.96 Å². The Labute approximate surface area is 109 Å². The van der Waals surface area contributed by atoms with Crippen molar-refractivity contribution in [3.05, 3.63) is 35.4 Å². The van der Waals surface area contributed by atoms with E-state index < -0.39 is 0 Å². The van der Waals surface area contributed by atoms with Gasteiger partial charge in [0.05, 0.1) is 6.61 Å². The highest BCUT2D eigenvalue weighted by Gasteiger charge is 1.97. The standard InChI is InChI=1S/C14H23N3O/c1-4-18-10-9-16-14(15-3)17-11-13-7-5-12(2)6-8-13/h5-8H,4,9-11H2,1-3H3,(H2,15,16,17). The van der Waals surface area contributed by atoms with E-state index in [4.69, 9.17) is 4.74 Å². The summed E-state index contributed by atoms with van der Waals surface area (Å²) in [6, 6.07) is 8.47. The Bertz CT molecular complexity index is 360.